The first-order chi connectivity index (χ1) is 8.61. The number of nitrogens with zero attached hydrogens (tertiary/aromatic N) is 5. The van der Waals surface area contributed by atoms with Crippen LogP contribution in [0.15, 0.2) is 6.33 Å². The fourth-order valence-corrected chi connectivity index (χ4v) is 1.85. The molecule has 0 aliphatic carbocycles. The SMILES string of the molecule is CCCc1nn(C)c(NCc2ncn(C)n2)c1N. The van der Waals surface area contributed by atoms with Gasteiger partial charge >= 0.3 is 0 Å². The smallest absolute Gasteiger partial charge is 0.169 e. The van der Waals surface area contributed by atoms with Crippen LogP contribution in [0.4, 0.5) is 11.5 Å². The molecule has 7 heteroatoms. The Kier molecular flexibility index (Phi) is 3.50. The first-order valence-corrected chi connectivity index (χ1v) is 6.01. The van der Waals surface area contributed by atoms with Crippen LogP contribution in [-0.4, -0.2) is 24.5 Å². The molecule has 0 spiro atoms. The summed E-state index contributed by atoms with van der Waals surface area (Å²) in [5.41, 5.74) is 7.73. The number of nitrogens with one attached hydrogen (secondary N) is 1. The lowest BCUT2D eigenvalue weighted by Crippen LogP contribution is -2.07. The molecule has 0 aromatic carbocycles. The summed E-state index contributed by atoms with van der Waals surface area (Å²) in [5.74, 6) is 1.56. The maximum absolute atomic E-state index is 6.07. The molecular weight excluding hydrogens is 230 g/mol. The van der Waals surface area contributed by atoms with Gasteiger partial charge in [-0.15, -0.1) is 0 Å². The van der Waals surface area contributed by atoms with Gasteiger partial charge in [-0.05, 0) is 6.42 Å². The minimum Gasteiger partial charge on any atom is -0.394 e. The molecule has 98 valence electrons. The van der Waals surface area contributed by atoms with Gasteiger partial charge in [-0.1, -0.05) is 13.3 Å². The van der Waals surface area contributed by atoms with Gasteiger partial charge in [-0.2, -0.15) is 10.2 Å². The molecule has 0 unspecified atom stereocenters. The highest BCUT2D eigenvalue weighted by Gasteiger charge is 2.12. The van der Waals surface area contributed by atoms with Gasteiger partial charge < -0.3 is 11.1 Å². The predicted molar refractivity (Wildman–Crippen MR) is 69.9 cm³/mol. The zero-order valence-corrected chi connectivity index (χ0v) is 11.0. The average Bonchev–Trinajstić information content (AvgIpc) is 2.84. The van der Waals surface area contributed by atoms with E-state index in [1.165, 1.54) is 0 Å². The topological polar surface area (TPSA) is 86.6 Å². The van der Waals surface area contributed by atoms with E-state index in [9.17, 15) is 0 Å². The minimum absolute atomic E-state index is 0.538. The van der Waals surface area contributed by atoms with Crippen LogP contribution < -0.4 is 11.1 Å². The zero-order valence-electron chi connectivity index (χ0n) is 11.0. The third-order valence-corrected chi connectivity index (χ3v) is 2.71. The number of aromatic nitrogens is 5. The van der Waals surface area contributed by atoms with E-state index in [0.717, 1.165) is 35.9 Å². The third kappa shape index (κ3) is 2.44. The Balaban J connectivity index is 2.09. The van der Waals surface area contributed by atoms with Crippen molar-refractivity contribution in [3.8, 4) is 0 Å². The lowest BCUT2D eigenvalue weighted by Gasteiger charge is -2.05. The number of rotatable bonds is 5. The molecule has 2 rings (SSSR count). The van der Waals surface area contributed by atoms with E-state index in [-0.39, 0.29) is 0 Å². The molecule has 0 fully saturated rings. The van der Waals surface area contributed by atoms with E-state index in [1.807, 2.05) is 14.1 Å². The van der Waals surface area contributed by atoms with Crippen molar-refractivity contribution >= 4 is 11.5 Å². The van der Waals surface area contributed by atoms with Crippen molar-refractivity contribution in [3.63, 3.8) is 0 Å². The maximum Gasteiger partial charge on any atom is 0.169 e. The highest BCUT2D eigenvalue weighted by molar-refractivity contribution is 5.64. The summed E-state index contributed by atoms with van der Waals surface area (Å²) < 4.78 is 3.44. The molecule has 2 heterocycles. The van der Waals surface area contributed by atoms with E-state index in [2.05, 4.69) is 27.4 Å². The van der Waals surface area contributed by atoms with E-state index < -0.39 is 0 Å². The van der Waals surface area contributed by atoms with Crippen molar-refractivity contribution in [3.05, 3.63) is 17.8 Å². The van der Waals surface area contributed by atoms with Crippen molar-refractivity contribution in [1.82, 2.24) is 24.5 Å². The van der Waals surface area contributed by atoms with Crippen molar-refractivity contribution in [2.24, 2.45) is 14.1 Å². The molecule has 0 bridgehead atoms. The Hall–Kier alpha value is -2.05. The van der Waals surface area contributed by atoms with Crippen molar-refractivity contribution < 1.29 is 0 Å². The molecule has 18 heavy (non-hydrogen) atoms. The van der Waals surface area contributed by atoms with Gasteiger partial charge in [-0.3, -0.25) is 9.36 Å². The first kappa shape index (κ1) is 12.4. The summed E-state index contributed by atoms with van der Waals surface area (Å²) >= 11 is 0. The minimum atomic E-state index is 0.538. The second-order valence-electron chi connectivity index (χ2n) is 4.27. The van der Waals surface area contributed by atoms with Crippen LogP contribution in [0.3, 0.4) is 0 Å². The van der Waals surface area contributed by atoms with E-state index >= 15 is 0 Å². The molecule has 2 aromatic rings. The standard InChI is InChI=1S/C11H19N7/c1-4-5-8-10(12)11(18(3)15-8)13-6-9-14-7-17(2)16-9/h7,13H,4-6,12H2,1-3H3. The summed E-state index contributed by atoms with van der Waals surface area (Å²) in [5, 5.41) is 11.8. The lowest BCUT2D eigenvalue weighted by molar-refractivity contribution is 0.727. The van der Waals surface area contributed by atoms with Gasteiger partial charge in [0.2, 0.25) is 0 Å². The van der Waals surface area contributed by atoms with Crippen LogP contribution in [0.25, 0.3) is 0 Å². The fourth-order valence-electron chi connectivity index (χ4n) is 1.85. The molecule has 0 atom stereocenters. The highest BCUT2D eigenvalue weighted by atomic mass is 15.3. The van der Waals surface area contributed by atoms with E-state index in [0.29, 0.717) is 6.54 Å². The predicted octanol–water partition coefficient (Wildman–Crippen LogP) is 0.695. The monoisotopic (exact) mass is 249 g/mol. The Morgan fingerprint density at radius 3 is 2.72 bits per heavy atom. The molecule has 2 aromatic heterocycles. The fraction of sp³-hybridized carbons (Fsp3) is 0.545. The largest absolute Gasteiger partial charge is 0.394 e. The molecule has 0 amide bonds. The average molecular weight is 249 g/mol. The number of nitrogens with two attached hydrogens (primary N) is 1. The zero-order chi connectivity index (χ0) is 13.1. The molecule has 0 aliphatic rings. The van der Waals surface area contributed by atoms with Crippen LogP contribution in [0, 0.1) is 0 Å². The summed E-state index contributed by atoms with van der Waals surface area (Å²) in [6.45, 7) is 2.65. The van der Waals surface area contributed by atoms with E-state index in [4.69, 9.17) is 5.73 Å². The van der Waals surface area contributed by atoms with Crippen molar-refractivity contribution in [1.29, 1.82) is 0 Å². The van der Waals surface area contributed by atoms with Gasteiger partial charge in [-0.25, -0.2) is 4.98 Å². The second-order valence-corrected chi connectivity index (χ2v) is 4.27. The Morgan fingerprint density at radius 2 is 2.11 bits per heavy atom. The quantitative estimate of drug-likeness (QED) is 0.814. The second kappa shape index (κ2) is 5.07. The number of anilines is 2. The van der Waals surface area contributed by atoms with Crippen LogP contribution in [0.2, 0.25) is 0 Å². The van der Waals surface area contributed by atoms with E-state index in [1.54, 1.807) is 15.7 Å². The molecule has 0 radical (unpaired) electrons. The number of nitrogen functional groups attached to an aromatic ring is 1. The summed E-state index contributed by atoms with van der Waals surface area (Å²) in [4.78, 5) is 4.15. The number of hydrogen-bond acceptors (Lipinski definition) is 5. The van der Waals surface area contributed by atoms with Gasteiger partial charge in [0, 0.05) is 14.1 Å². The number of aryl methyl sites for hydroxylation is 3. The van der Waals surface area contributed by atoms with Crippen LogP contribution in [0.5, 0.6) is 0 Å². The Morgan fingerprint density at radius 1 is 1.33 bits per heavy atom. The van der Waals surface area contributed by atoms with Crippen LogP contribution in [-0.2, 0) is 27.1 Å². The molecule has 3 N–H and O–H groups in total. The van der Waals surface area contributed by atoms with Gasteiger partial charge in [0.25, 0.3) is 0 Å². The number of hydrogen-bond donors (Lipinski definition) is 2. The van der Waals surface area contributed by atoms with Crippen molar-refractivity contribution in [2.45, 2.75) is 26.3 Å². The lowest BCUT2D eigenvalue weighted by atomic mass is 10.2. The summed E-state index contributed by atoms with van der Waals surface area (Å²) in [6, 6.07) is 0. The Bertz CT molecular complexity index is 525. The maximum atomic E-state index is 6.07. The molecule has 7 nitrogen and oxygen atoms in total. The third-order valence-electron chi connectivity index (χ3n) is 2.71. The summed E-state index contributed by atoms with van der Waals surface area (Å²) in [7, 11) is 3.72. The van der Waals surface area contributed by atoms with Crippen LogP contribution >= 0.6 is 0 Å². The van der Waals surface area contributed by atoms with Gasteiger partial charge in [0.1, 0.15) is 12.1 Å². The normalized spacial score (nSPS) is 10.8. The van der Waals surface area contributed by atoms with Gasteiger partial charge in [0.05, 0.1) is 17.9 Å². The molecule has 0 saturated heterocycles. The van der Waals surface area contributed by atoms with Crippen molar-refractivity contribution in [2.75, 3.05) is 11.1 Å². The van der Waals surface area contributed by atoms with Gasteiger partial charge in [0.15, 0.2) is 5.82 Å². The molecule has 0 aliphatic heterocycles. The highest BCUT2D eigenvalue weighted by Crippen LogP contribution is 2.23. The van der Waals surface area contributed by atoms with Crippen LogP contribution in [0.1, 0.15) is 24.9 Å². The first-order valence-electron chi connectivity index (χ1n) is 6.01. The molecular formula is C11H19N7. The Labute approximate surface area is 106 Å². The molecule has 0 saturated carbocycles. The summed E-state index contributed by atoms with van der Waals surface area (Å²) in [6.07, 6.45) is 3.60.